The molecule has 0 saturated heterocycles. The minimum absolute atomic E-state index is 0.253. The Balaban J connectivity index is 2.58. The minimum atomic E-state index is -0.478. The molecule has 0 bridgehead atoms. The summed E-state index contributed by atoms with van der Waals surface area (Å²) in [6.45, 7) is 5.51. The van der Waals surface area contributed by atoms with Crippen molar-refractivity contribution in [2.75, 3.05) is 7.05 Å². The molecule has 4 heteroatoms. The molecular formula is C11H18N2O2. The number of rotatable bonds is 2. The van der Waals surface area contributed by atoms with E-state index in [0.29, 0.717) is 6.42 Å². The lowest BCUT2D eigenvalue weighted by molar-refractivity contribution is 0.0199. The first-order valence-corrected chi connectivity index (χ1v) is 5.14. The topological polar surface area (TPSA) is 53.3 Å². The molecule has 0 N–H and O–H groups in total. The molecule has 0 aromatic carbocycles. The lowest BCUT2D eigenvalue weighted by Gasteiger charge is -2.29. The highest BCUT2D eigenvalue weighted by Crippen LogP contribution is 2.44. The number of amides is 1. The number of hydrogen-bond acceptors (Lipinski definition) is 3. The molecule has 0 radical (unpaired) electrons. The maximum atomic E-state index is 11.7. The van der Waals surface area contributed by atoms with Crippen molar-refractivity contribution in [3.8, 4) is 6.07 Å². The molecule has 4 nitrogen and oxygen atoms in total. The van der Waals surface area contributed by atoms with Crippen LogP contribution in [0.2, 0.25) is 0 Å². The summed E-state index contributed by atoms with van der Waals surface area (Å²) in [7, 11) is 1.71. The van der Waals surface area contributed by atoms with Gasteiger partial charge in [0.15, 0.2) is 0 Å². The molecule has 84 valence electrons. The summed E-state index contributed by atoms with van der Waals surface area (Å²) in [5, 5.41) is 8.68. The molecule has 1 aliphatic rings. The molecule has 0 aromatic heterocycles. The molecule has 15 heavy (non-hydrogen) atoms. The lowest BCUT2D eigenvalue weighted by atomic mass is 10.1. The van der Waals surface area contributed by atoms with Crippen LogP contribution in [-0.4, -0.2) is 29.2 Å². The Kier molecular flexibility index (Phi) is 2.94. The molecule has 1 saturated carbocycles. The van der Waals surface area contributed by atoms with Gasteiger partial charge in [-0.3, -0.25) is 0 Å². The van der Waals surface area contributed by atoms with Crippen LogP contribution in [-0.2, 0) is 4.74 Å². The molecule has 0 heterocycles. The number of carbonyl (C=O) groups is 1. The molecule has 1 fully saturated rings. The first-order chi connectivity index (χ1) is 6.81. The van der Waals surface area contributed by atoms with Crippen LogP contribution in [0.15, 0.2) is 0 Å². The lowest BCUT2D eigenvalue weighted by Crippen LogP contribution is -2.42. The Morgan fingerprint density at radius 2 is 2.07 bits per heavy atom. The molecular weight excluding hydrogens is 192 g/mol. The van der Waals surface area contributed by atoms with Crippen LogP contribution in [0.1, 0.15) is 40.0 Å². The van der Waals surface area contributed by atoms with Gasteiger partial charge in [-0.2, -0.15) is 5.26 Å². The van der Waals surface area contributed by atoms with Crippen molar-refractivity contribution in [2.45, 2.75) is 51.2 Å². The smallest absolute Gasteiger partial charge is 0.410 e. The van der Waals surface area contributed by atoms with E-state index in [2.05, 4.69) is 6.07 Å². The van der Waals surface area contributed by atoms with E-state index in [1.54, 1.807) is 11.9 Å². The van der Waals surface area contributed by atoms with Crippen LogP contribution in [0.3, 0.4) is 0 Å². The van der Waals surface area contributed by atoms with Crippen molar-refractivity contribution in [1.29, 1.82) is 5.26 Å². The molecule has 0 aliphatic heterocycles. The zero-order chi connectivity index (χ0) is 11.7. The highest BCUT2D eigenvalue weighted by Gasteiger charge is 2.49. The van der Waals surface area contributed by atoms with E-state index >= 15 is 0 Å². The fourth-order valence-electron chi connectivity index (χ4n) is 1.45. The van der Waals surface area contributed by atoms with Crippen molar-refractivity contribution in [3.63, 3.8) is 0 Å². The van der Waals surface area contributed by atoms with Crippen molar-refractivity contribution >= 4 is 6.09 Å². The summed E-state index contributed by atoms with van der Waals surface area (Å²) < 4.78 is 5.25. The minimum Gasteiger partial charge on any atom is -0.444 e. The normalized spacial score (nSPS) is 17.8. The summed E-state index contributed by atoms with van der Waals surface area (Å²) in [4.78, 5) is 13.3. The largest absolute Gasteiger partial charge is 0.444 e. The predicted molar refractivity (Wildman–Crippen MR) is 56.2 cm³/mol. The third-order valence-electron chi connectivity index (χ3n) is 2.61. The third kappa shape index (κ3) is 2.85. The summed E-state index contributed by atoms with van der Waals surface area (Å²) >= 11 is 0. The van der Waals surface area contributed by atoms with Crippen LogP contribution < -0.4 is 0 Å². The van der Waals surface area contributed by atoms with E-state index in [0.717, 1.165) is 12.8 Å². The van der Waals surface area contributed by atoms with Gasteiger partial charge in [0.2, 0.25) is 0 Å². The quantitative estimate of drug-likeness (QED) is 0.702. The molecule has 0 spiro atoms. The van der Waals surface area contributed by atoms with Gasteiger partial charge in [0, 0.05) is 7.05 Å². The zero-order valence-corrected chi connectivity index (χ0v) is 9.83. The van der Waals surface area contributed by atoms with Gasteiger partial charge in [-0.25, -0.2) is 4.79 Å². The number of ether oxygens (including phenoxy) is 1. The van der Waals surface area contributed by atoms with Crippen LogP contribution in [0.25, 0.3) is 0 Å². The SMILES string of the molecule is CN(C(=O)OC(C)(C)C)C1(CC#N)CC1. The van der Waals surface area contributed by atoms with Crippen LogP contribution in [0.5, 0.6) is 0 Å². The maximum Gasteiger partial charge on any atom is 0.410 e. The summed E-state index contributed by atoms with van der Waals surface area (Å²) in [6, 6.07) is 2.12. The molecule has 0 atom stereocenters. The molecule has 1 amide bonds. The van der Waals surface area contributed by atoms with Crippen LogP contribution in [0.4, 0.5) is 4.79 Å². The third-order valence-corrected chi connectivity index (χ3v) is 2.61. The number of nitrogens with zero attached hydrogens (tertiary/aromatic N) is 2. The Labute approximate surface area is 90.8 Å². The van der Waals surface area contributed by atoms with Crippen molar-refractivity contribution in [2.24, 2.45) is 0 Å². The van der Waals surface area contributed by atoms with Crippen molar-refractivity contribution < 1.29 is 9.53 Å². The van der Waals surface area contributed by atoms with Gasteiger partial charge >= 0.3 is 6.09 Å². The van der Waals surface area contributed by atoms with Crippen molar-refractivity contribution in [3.05, 3.63) is 0 Å². The van der Waals surface area contributed by atoms with Crippen LogP contribution in [0, 0.1) is 11.3 Å². The van der Waals surface area contributed by atoms with Gasteiger partial charge in [-0.1, -0.05) is 0 Å². The fourth-order valence-corrected chi connectivity index (χ4v) is 1.45. The summed E-state index contributed by atoms with van der Waals surface area (Å²) in [5.74, 6) is 0. The van der Waals surface area contributed by atoms with E-state index < -0.39 is 5.60 Å². The average molecular weight is 210 g/mol. The van der Waals surface area contributed by atoms with Gasteiger partial charge in [-0.05, 0) is 33.6 Å². The van der Waals surface area contributed by atoms with E-state index in [1.807, 2.05) is 20.8 Å². The molecule has 1 rings (SSSR count). The van der Waals surface area contributed by atoms with E-state index in [1.165, 1.54) is 0 Å². The highest BCUT2D eigenvalue weighted by molar-refractivity contribution is 5.69. The Morgan fingerprint density at radius 1 is 1.53 bits per heavy atom. The first-order valence-electron chi connectivity index (χ1n) is 5.14. The first kappa shape index (κ1) is 11.8. The van der Waals surface area contributed by atoms with Crippen molar-refractivity contribution in [1.82, 2.24) is 4.90 Å². The van der Waals surface area contributed by atoms with E-state index in [-0.39, 0.29) is 11.6 Å². The monoisotopic (exact) mass is 210 g/mol. The van der Waals surface area contributed by atoms with Gasteiger partial charge in [0.05, 0.1) is 18.0 Å². The van der Waals surface area contributed by atoms with Crippen LogP contribution >= 0.6 is 0 Å². The van der Waals surface area contributed by atoms with Gasteiger partial charge < -0.3 is 9.64 Å². The number of nitriles is 1. The Bertz CT molecular complexity index is 295. The maximum absolute atomic E-state index is 11.7. The average Bonchev–Trinajstić information content (AvgIpc) is 2.82. The van der Waals surface area contributed by atoms with E-state index in [9.17, 15) is 4.79 Å². The van der Waals surface area contributed by atoms with Gasteiger partial charge in [0.1, 0.15) is 5.60 Å². The second-order valence-corrected chi connectivity index (χ2v) is 5.10. The second kappa shape index (κ2) is 3.73. The van der Waals surface area contributed by atoms with E-state index in [4.69, 9.17) is 10.00 Å². The molecule has 0 aromatic rings. The highest BCUT2D eigenvalue weighted by atomic mass is 16.6. The zero-order valence-electron chi connectivity index (χ0n) is 9.83. The Hall–Kier alpha value is -1.24. The molecule has 0 unspecified atom stereocenters. The number of hydrogen-bond donors (Lipinski definition) is 0. The molecule has 1 aliphatic carbocycles. The van der Waals surface area contributed by atoms with Gasteiger partial charge in [0.25, 0.3) is 0 Å². The standard InChI is InChI=1S/C11H18N2O2/c1-10(2,3)15-9(14)13(4)11(5-6-11)7-8-12/h5-7H2,1-4H3. The predicted octanol–water partition coefficient (Wildman–Crippen LogP) is 2.30. The second-order valence-electron chi connectivity index (χ2n) is 5.10. The van der Waals surface area contributed by atoms with Gasteiger partial charge in [-0.15, -0.1) is 0 Å². The number of carbonyl (C=O) groups excluding carboxylic acids is 1. The summed E-state index contributed by atoms with van der Waals surface area (Å²) in [5.41, 5.74) is -0.731. The Morgan fingerprint density at radius 3 is 2.40 bits per heavy atom. The fraction of sp³-hybridized carbons (Fsp3) is 0.818. The summed E-state index contributed by atoms with van der Waals surface area (Å²) in [6.07, 6.45) is 1.85.